The van der Waals surface area contributed by atoms with Crippen molar-refractivity contribution in [3.63, 3.8) is 0 Å². The van der Waals surface area contributed by atoms with Gasteiger partial charge in [-0.25, -0.2) is 9.97 Å². The topological polar surface area (TPSA) is 61.0 Å². The first kappa shape index (κ1) is 15.7. The largest absolute Gasteiger partial charge is 0.383 e. The summed E-state index contributed by atoms with van der Waals surface area (Å²) >= 11 is 3.56. The van der Waals surface area contributed by atoms with E-state index in [1.807, 2.05) is 6.92 Å². The lowest BCUT2D eigenvalue weighted by atomic mass is 10.0. The highest BCUT2D eigenvalue weighted by Crippen LogP contribution is 2.39. The van der Waals surface area contributed by atoms with Gasteiger partial charge >= 0.3 is 0 Å². The molecule has 20 heavy (non-hydrogen) atoms. The molecule has 5 heteroatoms. The number of nitrogens with zero attached hydrogens (tertiary/aromatic N) is 2. The zero-order chi connectivity index (χ0) is 14.7. The second-order valence-electron chi connectivity index (χ2n) is 5.77. The third-order valence-electron chi connectivity index (χ3n) is 3.87. The van der Waals surface area contributed by atoms with Crippen LogP contribution in [0.5, 0.6) is 0 Å². The summed E-state index contributed by atoms with van der Waals surface area (Å²) in [5.41, 5.74) is 7.13. The van der Waals surface area contributed by atoms with E-state index >= 15 is 0 Å². The maximum Gasteiger partial charge on any atom is 0.160 e. The summed E-state index contributed by atoms with van der Waals surface area (Å²) in [4.78, 5) is 9.23. The summed E-state index contributed by atoms with van der Waals surface area (Å²) in [6.07, 6.45) is 4.84. The Morgan fingerprint density at radius 3 is 2.50 bits per heavy atom. The van der Waals surface area contributed by atoms with E-state index in [1.165, 1.54) is 25.7 Å². The first-order chi connectivity index (χ1) is 9.54. The Hall–Kier alpha value is -0.680. The molecule has 1 aliphatic carbocycles. The Bertz CT molecular complexity index is 459. The summed E-state index contributed by atoms with van der Waals surface area (Å²) in [6.45, 7) is 6.89. The maximum absolute atomic E-state index is 6.07. The second kappa shape index (κ2) is 6.85. The molecule has 0 amide bonds. The van der Waals surface area contributed by atoms with E-state index in [2.05, 4.69) is 34.8 Å². The lowest BCUT2D eigenvalue weighted by Crippen LogP contribution is -2.17. The zero-order valence-electron chi connectivity index (χ0n) is 12.5. The maximum atomic E-state index is 6.07. The average molecular weight is 342 g/mol. The summed E-state index contributed by atoms with van der Waals surface area (Å²) in [6, 6.07) is 0. The van der Waals surface area contributed by atoms with Crippen LogP contribution in [0.25, 0.3) is 0 Å². The standard InChI is InChI=1S/C15H24BrN3O/c1-4-20-13(9(2)3)15-18-12(10-7-5-6-8-10)11(16)14(17)19-15/h9-10,13H,4-8H2,1-3H3,(H2,17,18,19). The predicted molar refractivity (Wildman–Crippen MR) is 84.6 cm³/mol. The molecular weight excluding hydrogens is 318 g/mol. The first-order valence-electron chi connectivity index (χ1n) is 7.49. The van der Waals surface area contributed by atoms with E-state index in [-0.39, 0.29) is 6.10 Å². The van der Waals surface area contributed by atoms with Gasteiger partial charge < -0.3 is 10.5 Å². The van der Waals surface area contributed by atoms with Crippen molar-refractivity contribution in [1.29, 1.82) is 0 Å². The molecule has 1 aliphatic rings. The van der Waals surface area contributed by atoms with E-state index in [9.17, 15) is 0 Å². The molecule has 0 bridgehead atoms. The SMILES string of the molecule is CCOC(c1nc(N)c(Br)c(C2CCCC2)n1)C(C)C. The monoisotopic (exact) mass is 341 g/mol. The number of ether oxygens (including phenoxy) is 1. The van der Waals surface area contributed by atoms with E-state index in [0.29, 0.717) is 24.3 Å². The normalized spacial score (nSPS) is 17.9. The molecule has 0 aliphatic heterocycles. The van der Waals surface area contributed by atoms with Crippen LogP contribution in [0.2, 0.25) is 0 Å². The number of hydrogen-bond donors (Lipinski definition) is 1. The van der Waals surface area contributed by atoms with Gasteiger partial charge in [0.15, 0.2) is 5.82 Å². The van der Waals surface area contributed by atoms with Crippen LogP contribution in [0, 0.1) is 5.92 Å². The smallest absolute Gasteiger partial charge is 0.160 e. The molecule has 2 rings (SSSR count). The van der Waals surface area contributed by atoms with Gasteiger partial charge in [-0.1, -0.05) is 26.7 Å². The summed E-state index contributed by atoms with van der Waals surface area (Å²) < 4.78 is 6.67. The van der Waals surface area contributed by atoms with Crippen molar-refractivity contribution in [2.24, 2.45) is 5.92 Å². The Labute approximate surface area is 129 Å². The predicted octanol–water partition coefficient (Wildman–Crippen LogP) is 4.21. The van der Waals surface area contributed by atoms with Gasteiger partial charge in [0, 0.05) is 12.5 Å². The average Bonchev–Trinajstić information content (AvgIpc) is 2.92. The van der Waals surface area contributed by atoms with Crippen LogP contribution in [0.1, 0.15) is 70.0 Å². The Morgan fingerprint density at radius 1 is 1.30 bits per heavy atom. The third-order valence-corrected chi connectivity index (χ3v) is 4.68. The number of anilines is 1. The number of nitrogens with two attached hydrogens (primary N) is 1. The summed E-state index contributed by atoms with van der Waals surface area (Å²) in [7, 11) is 0. The van der Waals surface area contributed by atoms with Crippen molar-refractivity contribution < 1.29 is 4.74 Å². The van der Waals surface area contributed by atoms with Gasteiger partial charge in [0.2, 0.25) is 0 Å². The van der Waals surface area contributed by atoms with Gasteiger partial charge in [0.25, 0.3) is 0 Å². The van der Waals surface area contributed by atoms with Crippen molar-refractivity contribution in [2.75, 3.05) is 12.3 Å². The molecular formula is C15H24BrN3O. The fourth-order valence-corrected chi connectivity index (χ4v) is 3.34. The lowest BCUT2D eigenvalue weighted by molar-refractivity contribution is 0.0231. The fourth-order valence-electron chi connectivity index (χ4n) is 2.84. The third kappa shape index (κ3) is 3.31. The van der Waals surface area contributed by atoms with E-state index in [0.717, 1.165) is 16.0 Å². The van der Waals surface area contributed by atoms with Crippen LogP contribution < -0.4 is 5.73 Å². The molecule has 1 atom stereocenters. The molecule has 0 spiro atoms. The van der Waals surface area contributed by atoms with Crippen molar-refractivity contribution >= 4 is 21.7 Å². The Balaban J connectivity index is 2.38. The molecule has 2 N–H and O–H groups in total. The minimum atomic E-state index is -0.0875. The van der Waals surface area contributed by atoms with Gasteiger partial charge in [-0.3, -0.25) is 0 Å². The van der Waals surface area contributed by atoms with Crippen LogP contribution in [-0.2, 0) is 4.74 Å². The Morgan fingerprint density at radius 2 is 1.95 bits per heavy atom. The van der Waals surface area contributed by atoms with Crippen LogP contribution >= 0.6 is 15.9 Å². The first-order valence-corrected chi connectivity index (χ1v) is 8.28. The van der Waals surface area contributed by atoms with Crippen molar-refractivity contribution in [2.45, 2.75) is 58.5 Å². The molecule has 0 aromatic carbocycles. The molecule has 4 nitrogen and oxygen atoms in total. The molecule has 0 saturated heterocycles. The number of aromatic nitrogens is 2. The molecule has 1 fully saturated rings. The van der Waals surface area contributed by atoms with Crippen molar-refractivity contribution in [3.8, 4) is 0 Å². The van der Waals surface area contributed by atoms with Crippen LogP contribution in [-0.4, -0.2) is 16.6 Å². The lowest BCUT2D eigenvalue weighted by Gasteiger charge is -2.22. The van der Waals surface area contributed by atoms with E-state index in [4.69, 9.17) is 15.5 Å². The number of rotatable bonds is 5. The second-order valence-corrected chi connectivity index (χ2v) is 6.56. The van der Waals surface area contributed by atoms with Gasteiger partial charge in [-0.15, -0.1) is 0 Å². The highest BCUT2D eigenvalue weighted by Gasteiger charge is 2.26. The number of hydrogen-bond acceptors (Lipinski definition) is 4. The number of halogens is 1. The van der Waals surface area contributed by atoms with E-state index < -0.39 is 0 Å². The van der Waals surface area contributed by atoms with Gasteiger partial charge in [0.05, 0.1) is 10.2 Å². The minimum absolute atomic E-state index is 0.0875. The molecule has 1 aromatic heterocycles. The van der Waals surface area contributed by atoms with Crippen LogP contribution in [0.3, 0.4) is 0 Å². The highest BCUT2D eigenvalue weighted by molar-refractivity contribution is 9.10. The zero-order valence-corrected chi connectivity index (χ0v) is 14.1. The highest BCUT2D eigenvalue weighted by atomic mass is 79.9. The molecule has 112 valence electrons. The minimum Gasteiger partial charge on any atom is -0.383 e. The molecule has 1 saturated carbocycles. The molecule has 1 aromatic rings. The van der Waals surface area contributed by atoms with Crippen molar-refractivity contribution in [1.82, 2.24) is 9.97 Å². The molecule has 1 heterocycles. The van der Waals surface area contributed by atoms with Gasteiger partial charge in [-0.05, 0) is 41.6 Å². The molecule has 1 unspecified atom stereocenters. The van der Waals surface area contributed by atoms with Crippen molar-refractivity contribution in [3.05, 3.63) is 16.0 Å². The summed E-state index contributed by atoms with van der Waals surface area (Å²) in [5, 5.41) is 0. The van der Waals surface area contributed by atoms with Crippen LogP contribution in [0.4, 0.5) is 5.82 Å². The Kier molecular flexibility index (Phi) is 5.38. The van der Waals surface area contributed by atoms with Crippen LogP contribution in [0.15, 0.2) is 4.47 Å². The van der Waals surface area contributed by atoms with E-state index in [1.54, 1.807) is 0 Å². The van der Waals surface area contributed by atoms with Gasteiger partial charge in [-0.2, -0.15) is 0 Å². The quantitative estimate of drug-likeness (QED) is 0.871. The fraction of sp³-hybridized carbons (Fsp3) is 0.733. The summed E-state index contributed by atoms with van der Waals surface area (Å²) in [5.74, 6) is 2.08. The number of nitrogen functional groups attached to an aromatic ring is 1. The molecule has 0 radical (unpaired) electrons. The van der Waals surface area contributed by atoms with Gasteiger partial charge in [0.1, 0.15) is 11.9 Å².